The van der Waals surface area contributed by atoms with Crippen molar-refractivity contribution in [3.63, 3.8) is 0 Å². The number of nitrogens with one attached hydrogen (secondary N) is 2. The van der Waals surface area contributed by atoms with Crippen LogP contribution < -0.4 is 16.4 Å². The monoisotopic (exact) mass is 582 g/mol. The Morgan fingerprint density at radius 2 is 1.82 bits per heavy atom. The number of nitrogens with zero attached hydrogens (tertiary/aromatic N) is 3. The van der Waals surface area contributed by atoms with Gasteiger partial charge in [0.05, 0.1) is 24.6 Å². The largest absolute Gasteiger partial charge is 0.381 e. The third-order valence-electron chi connectivity index (χ3n) is 8.16. The van der Waals surface area contributed by atoms with Crippen LogP contribution in [0.15, 0.2) is 48.7 Å². The lowest BCUT2D eigenvalue weighted by molar-refractivity contribution is 0.0265. The molecule has 1 aliphatic carbocycles. The molecule has 0 spiro atoms. The molecule has 40 heavy (non-hydrogen) atoms. The third kappa shape index (κ3) is 7.45. The Balaban J connectivity index is 1.19. The van der Waals surface area contributed by atoms with Gasteiger partial charge in [-0.3, -0.25) is 4.90 Å². The van der Waals surface area contributed by atoms with Gasteiger partial charge in [-0.25, -0.2) is 9.97 Å². The van der Waals surface area contributed by atoms with Crippen molar-refractivity contribution in [3.05, 3.63) is 69.8 Å². The van der Waals surface area contributed by atoms with Gasteiger partial charge in [0, 0.05) is 46.3 Å². The molecule has 2 atom stereocenters. The minimum atomic E-state index is 0.330. The molecule has 0 radical (unpaired) electrons. The van der Waals surface area contributed by atoms with Gasteiger partial charge in [-0.05, 0) is 56.5 Å². The normalized spacial score (nSPS) is 19.8. The summed E-state index contributed by atoms with van der Waals surface area (Å²) in [7, 11) is 0. The predicted molar refractivity (Wildman–Crippen MR) is 165 cm³/mol. The van der Waals surface area contributed by atoms with Crippen LogP contribution in [0.4, 0.5) is 11.6 Å². The summed E-state index contributed by atoms with van der Waals surface area (Å²) in [6.45, 7) is 6.49. The molecule has 214 valence electrons. The van der Waals surface area contributed by atoms with E-state index in [4.69, 9.17) is 38.7 Å². The predicted octanol–water partition coefficient (Wildman–Crippen LogP) is 6.55. The van der Waals surface area contributed by atoms with Crippen LogP contribution in [0, 0.1) is 0 Å². The Labute approximate surface area is 247 Å². The second kappa shape index (κ2) is 14.0. The molecule has 1 saturated heterocycles. The Hall–Kier alpha value is -2.42. The lowest BCUT2D eigenvalue weighted by Gasteiger charge is -2.38. The fraction of sp³-hybridized carbons (Fsp3) is 0.484. The van der Waals surface area contributed by atoms with Gasteiger partial charge < -0.3 is 21.1 Å². The number of hydrogen-bond acceptors (Lipinski definition) is 7. The summed E-state index contributed by atoms with van der Waals surface area (Å²) < 4.78 is 6.23. The smallest absolute Gasteiger partial charge is 0.169 e. The van der Waals surface area contributed by atoms with Crippen LogP contribution in [0.1, 0.15) is 56.6 Å². The lowest BCUT2D eigenvalue weighted by atomic mass is 9.97. The Kier molecular flexibility index (Phi) is 10.2. The Bertz CT molecular complexity index is 1230. The summed E-state index contributed by atoms with van der Waals surface area (Å²) in [5.74, 6) is 0.836. The zero-order chi connectivity index (χ0) is 27.9. The minimum Gasteiger partial charge on any atom is -0.381 e. The van der Waals surface area contributed by atoms with Crippen LogP contribution >= 0.6 is 23.2 Å². The lowest BCUT2D eigenvalue weighted by Crippen LogP contribution is -2.49. The molecule has 3 aromatic rings. The topological polar surface area (TPSA) is 88.3 Å². The standard InChI is InChI=1S/C31H40Cl2N6O/c1-2-39(24-14-15-35-23(16-24)20-40-25-6-3-4-7-25)19-21-10-12-22(13-11-21)29-18-36-30(34)31(38-29)37-17-26-27(32)8-5-9-28(26)33/h5,8-13,18,23-25,35H,2-4,6-7,14-17,19-20H2,1H3,(H2,34,36)(H,37,38). The fourth-order valence-electron chi connectivity index (χ4n) is 5.80. The van der Waals surface area contributed by atoms with E-state index >= 15 is 0 Å². The Morgan fingerprint density at radius 1 is 1.07 bits per heavy atom. The molecule has 9 heteroatoms. The maximum Gasteiger partial charge on any atom is 0.169 e. The highest BCUT2D eigenvalue weighted by Crippen LogP contribution is 2.28. The molecule has 2 fully saturated rings. The van der Waals surface area contributed by atoms with Gasteiger partial charge in [0.25, 0.3) is 0 Å². The molecule has 1 saturated carbocycles. The molecule has 5 rings (SSSR count). The van der Waals surface area contributed by atoms with E-state index in [9.17, 15) is 0 Å². The second-order valence-electron chi connectivity index (χ2n) is 10.9. The number of hydrogen-bond donors (Lipinski definition) is 3. The van der Waals surface area contributed by atoms with Gasteiger partial charge in [-0.15, -0.1) is 0 Å². The van der Waals surface area contributed by atoms with Crippen molar-refractivity contribution < 1.29 is 4.74 Å². The highest BCUT2D eigenvalue weighted by molar-refractivity contribution is 6.36. The van der Waals surface area contributed by atoms with Crippen molar-refractivity contribution in [1.82, 2.24) is 20.2 Å². The highest BCUT2D eigenvalue weighted by atomic mass is 35.5. The summed E-state index contributed by atoms with van der Waals surface area (Å²) in [5, 5.41) is 8.11. The van der Waals surface area contributed by atoms with E-state index in [1.165, 1.54) is 37.7 Å². The highest BCUT2D eigenvalue weighted by Gasteiger charge is 2.27. The summed E-state index contributed by atoms with van der Waals surface area (Å²) in [5.41, 5.74) is 9.94. The molecule has 7 nitrogen and oxygen atoms in total. The molecule has 2 aromatic carbocycles. The summed E-state index contributed by atoms with van der Waals surface area (Å²) >= 11 is 12.6. The summed E-state index contributed by atoms with van der Waals surface area (Å²) in [4.78, 5) is 11.7. The van der Waals surface area contributed by atoms with Crippen molar-refractivity contribution >= 4 is 34.8 Å². The number of halogens is 2. The van der Waals surface area contributed by atoms with Crippen LogP contribution in [0.25, 0.3) is 11.3 Å². The number of nitrogens with two attached hydrogens (primary N) is 1. The van der Waals surface area contributed by atoms with Crippen molar-refractivity contribution in [2.24, 2.45) is 0 Å². The number of rotatable bonds is 11. The van der Waals surface area contributed by atoms with Gasteiger partial charge in [0.15, 0.2) is 11.6 Å². The third-order valence-corrected chi connectivity index (χ3v) is 8.86. The molecule has 1 aliphatic heterocycles. The molecule has 1 aromatic heterocycles. The van der Waals surface area contributed by atoms with E-state index in [0.717, 1.165) is 49.5 Å². The molecule has 2 unspecified atom stereocenters. The number of piperidine rings is 1. The first kappa shape index (κ1) is 29.1. The van der Waals surface area contributed by atoms with Crippen molar-refractivity contribution in [2.45, 2.75) is 76.7 Å². The maximum absolute atomic E-state index is 6.32. The first-order valence-corrected chi connectivity index (χ1v) is 15.2. The van der Waals surface area contributed by atoms with Gasteiger partial charge in [0.1, 0.15) is 0 Å². The van der Waals surface area contributed by atoms with Crippen LogP contribution in [0.2, 0.25) is 10.0 Å². The zero-order valence-corrected chi connectivity index (χ0v) is 24.7. The number of nitrogen functional groups attached to an aromatic ring is 1. The summed E-state index contributed by atoms with van der Waals surface area (Å²) in [6.07, 6.45) is 9.57. The van der Waals surface area contributed by atoms with Crippen LogP contribution in [0.3, 0.4) is 0 Å². The number of ether oxygens (including phenoxy) is 1. The summed E-state index contributed by atoms with van der Waals surface area (Å²) in [6, 6.07) is 15.0. The molecule has 0 bridgehead atoms. The number of benzene rings is 2. The SMILES string of the molecule is CCN(Cc1ccc(-c2cnc(N)c(NCc3c(Cl)cccc3Cl)n2)cc1)C1CCNC(COC2CCCC2)C1. The molecular weight excluding hydrogens is 543 g/mol. The van der Waals surface area contributed by atoms with Crippen molar-refractivity contribution in [1.29, 1.82) is 0 Å². The molecular formula is C31H40Cl2N6O. The van der Waals surface area contributed by atoms with E-state index in [1.54, 1.807) is 6.20 Å². The van der Waals surface area contributed by atoms with E-state index < -0.39 is 0 Å². The van der Waals surface area contributed by atoms with E-state index in [1.807, 2.05) is 18.2 Å². The van der Waals surface area contributed by atoms with Crippen LogP contribution in [0.5, 0.6) is 0 Å². The first-order chi connectivity index (χ1) is 19.5. The quantitative estimate of drug-likeness (QED) is 0.236. The van der Waals surface area contributed by atoms with Gasteiger partial charge in [0.2, 0.25) is 0 Å². The second-order valence-corrected chi connectivity index (χ2v) is 11.7. The van der Waals surface area contributed by atoms with E-state index in [-0.39, 0.29) is 0 Å². The Morgan fingerprint density at radius 3 is 2.55 bits per heavy atom. The van der Waals surface area contributed by atoms with Crippen molar-refractivity contribution in [2.75, 3.05) is 30.7 Å². The first-order valence-electron chi connectivity index (χ1n) is 14.5. The zero-order valence-electron chi connectivity index (χ0n) is 23.2. The maximum atomic E-state index is 6.32. The van der Waals surface area contributed by atoms with Gasteiger partial charge in [-0.1, -0.05) is 73.3 Å². The number of anilines is 2. The molecule has 0 amide bonds. The average Bonchev–Trinajstić information content (AvgIpc) is 3.50. The van der Waals surface area contributed by atoms with Crippen LogP contribution in [-0.4, -0.2) is 52.8 Å². The van der Waals surface area contributed by atoms with E-state index in [2.05, 4.69) is 51.7 Å². The molecule has 2 heterocycles. The van der Waals surface area contributed by atoms with Gasteiger partial charge in [-0.2, -0.15) is 0 Å². The fourth-order valence-corrected chi connectivity index (χ4v) is 6.34. The molecule has 4 N–H and O–H groups in total. The average molecular weight is 584 g/mol. The number of aromatic nitrogens is 2. The van der Waals surface area contributed by atoms with Gasteiger partial charge >= 0.3 is 0 Å². The van der Waals surface area contributed by atoms with E-state index in [0.29, 0.717) is 46.4 Å². The van der Waals surface area contributed by atoms with Crippen LogP contribution in [-0.2, 0) is 17.8 Å². The molecule has 2 aliphatic rings. The minimum absolute atomic E-state index is 0.330. The van der Waals surface area contributed by atoms with Crippen molar-refractivity contribution in [3.8, 4) is 11.3 Å².